The van der Waals surface area contributed by atoms with Crippen molar-refractivity contribution in [3.8, 4) is 33.8 Å². The van der Waals surface area contributed by atoms with E-state index < -0.39 is 4.92 Å². The van der Waals surface area contributed by atoms with Crippen LogP contribution in [0.2, 0.25) is 0 Å². The first-order valence-corrected chi connectivity index (χ1v) is 8.74. The lowest BCUT2D eigenvalue weighted by Gasteiger charge is -2.11. The third kappa shape index (κ3) is 3.01. The predicted molar refractivity (Wildman–Crippen MR) is 107 cm³/mol. The number of benzene rings is 3. The predicted octanol–water partition coefficient (Wildman–Crippen LogP) is 5.13. The van der Waals surface area contributed by atoms with Crippen molar-refractivity contribution in [2.75, 3.05) is 0 Å². The van der Waals surface area contributed by atoms with Gasteiger partial charge in [0.05, 0.1) is 22.0 Å². The molecule has 0 unspecified atom stereocenters. The number of aromatic hydroxyl groups is 1. The molecule has 0 aliphatic rings. The van der Waals surface area contributed by atoms with Gasteiger partial charge in [0.25, 0.3) is 5.69 Å². The number of phenols is 1. The number of aromatic nitrogens is 2. The standard InChI is InChI=1S/C22H17N3O3/c1-15-21(19-9-5-6-10-20(19)26)22(16-7-3-2-4-8-16)24(23-15)17-11-13-18(14-12-17)25(27)28/h2-14,26H,1H3. The van der Waals surface area contributed by atoms with Gasteiger partial charge < -0.3 is 5.11 Å². The summed E-state index contributed by atoms with van der Waals surface area (Å²) < 4.78 is 1.76. The number of para-hydroxylation sites is 1. The van der Waals surface area contributed by atoms with Crippen molar-refractivity contribution in [3.05, 3.63) is 94.7 Å². The van der Waals surface area contributed by atoms with Crippen molar-refractivity contribution in [2.24, 2.45) is 0 Å². The van der Waals surface area contributed by atoms with Crippen molar-refractivity contribution in [1.29, 1.82) is 0 Å². The van der Waals surface area contributed by atoms with Crippen LogP contribution < -0.4 is 0 Å². The van der Waals surface area contributed by atoms with Gasteiger partial charge in [-0.3, -0.25) is 10.1 Å². The third-order valence-corrected chi connectivity index (χ3v) is 4.59. The molecular formula is C22H17N3O3. The van der Waals surface area contributed by atoms with Crippen molar-refractivity contribution < 1.29 is 10.0 Å². The Morgan fingerprint density at radius 3 is 2.21 bits per heavy atom. The maximum absolute atomic E-state index is 11.0. The Morgan fingerprint density at radius 1 is 0.929 bits per heavy atom. The first-order valence-electron chi connectivity index (χ1n) is 8.74. The Morgan fingerprint density at radius 2 is 1.57 bits per heavy atom. The molecule has 0 saturated heterocycles. The Kier molecular flexibility index (Phi) is 4.37. The van der Waals surface area contributed by atoms with E-state index in [4.69, 9.17) is 0 Å². The van der Waals surface area contributed by atoms with Crippen molar-refractivity contribution in [1.82, 2.24) is 9.78 Å². The molecule has 1 aromatic heterocycles. The highest BCUT2D eigenvalue weighted by molar-refractivity contribution is 5.86. The fourth-order valence-corrected chi connectivity index (χ4v) is 3.30. The molecule has 4 aromatic rings. The van der Waals surface area contributed by atoms with E-state index in [-0.39, 0.29) is 11.4 Å². The maximum atomic E-state index is 11.0. The smallest absolute Gasteiger partial charge is 0.269 e. The van der Waals surface area contributed by atoms with Crippen LogP contribution in [0.25, 0.3) is 28.1 Å². The van der Waals surface area contributed by atoms with Crippen molar-refractivity contribution >= 4 is 5.69 Å². The zero-order chi connectivity index (χ0) is 19.7. The molecule has 6 heteroatoms. The first-order chi connectivity index (χ1) is 13.6. The highest BCUT2D eigenvalue weighted by Gasteiger charge is 2.21. The van der Waals surface area contributed by atoms with Gasteiger partial charge in [-0.15, -0.1) is 0 Å². The van der Waals surface area contributed by atoms with Gasteiger partial charge in [0, 0.05) is 28.8 Å². The number of rotatable bonds is 4. The average Bonchev–Trinajstić information content (AvgIpc) is 3.06. The largest absolute Gasteiger partial charge is 0.507 e. The summed E-state index contributed by atoms with van der Waals surface area (Å²) in [6.45, 7) is 1.89. The number of hydrogen-bond acceptors (Lipinski definition) is 4. The molecule has 0 fully saturated rings. The number of aryl methyl sites for hydroxylation is 1. The summed E-state index contributed by atoms with van der Waals surface area (Å²) in [6.07, 6.45) is 0. The summed E-state index contributed by atoms with van der Waals surface area (Å²) in [7, 11) is 0. The molecule has 4 rings (SSSR count). The van der Waals surface area contributed by atoms with E-state index >= 15 is 0 Å². The van der Waals surface area contributed by atoms with Crippen molar-refractivity contribution in [3.63, 3.8) is 0 Å². The van der Waals surface area contributed by atoms with E-state index in [1.807, 2.05) is 49.4 Å². The fourth-order valence-electron chi connectivity index (χ4n) is 3.30. The lowest BCUT2D eigenvalue weighted by molar-refractivity contribution is -0.384. The fraction of sp³-hybridized carbons (Fsp3) is 0.0455. The van der Waals surface area contributed by atoms with Crippen LogP contribution in [-0.4, -0.2) is 19.8 Å². The second-order valence-electron chi connectivity index (χ2n) is 6.38. The molecule has 28 heavy (non-hydrogen) atoms. The van der Waals surface area contributed by atoms with Crippen LogP contribution in [0.5, 0.6) is 5.75 Å². The lowest BCUT2D eigenvalue weighted by Crippen LogP contribution is -2.00. The normalized spacial score (nSPS) is 10.8. The molecule has 138 valence electrons. The number of nitro benzene ring substituents is 1. The van der Waals surface area contributed by atoms with Gasteiger partial charge in [0.1, 0.15) is 5.75 Å². The molecule has 0 atom stereocenters. The van der Waals surface area contributed by atoms with Crippen LogP contribution in [0.4, 0.5) is 5.69 Å². The molecule has 0 radical (unpaired) electrons. The van der Waals surface area contributed by atoms with E-state index in [1.165, 1.54) is 12.1 Å². The van der Waals surface area contributed by atoms with Gasteiger partial charge in [-0.1, -0.05) is 48.5 Å². The van der Waals surface area contributed by atoms with Gasteiger partial charge in [-0.25, -0.2) is 4.68 Å². The van der Waals surface area contributed by atoms with Gasteiger partial charge in [-0.05, 0) is 25.1 Å². The van der Waals surface area contributed by atoms with Crippen LogP contribution >= 0.6 is 0 Å². The van der Waals surface area contributed by atoms with Gasteiger partial charge >= 0.3 is 0 Å². The maximum Gasteiger partial charge on any atom is 0.269 e. The third-order valence-electron chi connectivity index (χ3n) is 4.59. The molecule has 0 bridgehead atoms. The topological polar surface area (TPSA) is 81.2 Å². The summed E-state index contributed by atoms with van der Waals surface area (Å²) in [5.74, 6) is 0.172. The quantitative estimate of drug-likeness (QED) is 0.398. The number of phenolic OH excluding ortho intramolecular Hbond substituents is 1. The lowest BCUT2D eigenvalue weighted by atomic mass is 9.98. The van der Waals surface area contributed by atoms with Gasteiger partial charge in [0.2, 0.25) is 0 Å². The van der Waals surface area contributed by atoms with E-state index in [1.54, 1.807) is 28.9 Å². The monoisotopic (exact) mass is 371 g/mol. The Bertz CT molecular complexity index is 1150. The molecule has 6 nitrogen and oxygen atoms in total. The number of hydrogen-bond donors (Lipinski definition) is 1. The van der Waals surface area contributed by atoms with E-state index in [2.05, 4.69) is 5.10 Å². The van der Waals surface area contributed by atoms with Gasteiger partial charge in [-0.2, -0.15) is 5.10 Å². The minimum atomic E-state index is -0.427. The van der Waals surface area contributed by atoms with Crippen LogP contribution in [0.1, 0.15) is 5.69 Å². The molecule has 0 aliphatic heterocycles. The number of nitrogens with zero attached hydrogens (tertiary/aromatic N) is 3. The van der Waals surface area contributed by atoms with E-state index in [0.29, 0.717) is 11.3 Å². The Hall–Kier alpha value is -3.93. The zero-order valence-electron chi connectivity index (χ0n) is 15.1. The minimum absolute atomic E-state index is 0.0230. The highest BCUT2D eigenvalue weighted by atomic mass is 16.6. The molecule has 1 N–H and O–H groups in total. The summed E-state index contributed by atoms with van der Waals surface area (Å²) >= 11 is 0. The van der Waals surface area contributed by atoms with Crippen LogP contribution in [0.15, 0.2) is 78.9 Å². The number of non-ortho nitro benzene ring substituents is 1. The van der Waals surface area contributed by atoms with E-state index in [0.717, 1.165) is 22.5 Å². The molecule has 0 saturated carbocycles. The van der Waals surface area contributed by atoms with Gasteiger partial charge in [0.15, 0.2) is 0 Å². The summed E-state index contributed by atoms with van der Waals surface area (Å²) in [5.41, 5.74) is 4.73. The Balaban J connectivity index is 1.99. The highest BCUT2D eigenvalue weighted by Crippen LogP contribution is 2.40. The summed E-state index contributed by atoms with van der Waals surface area (Å²) in [4.78, 5) is 10.5. The first kappa shape index (κ1) is 17.5. The van der Waals surface area contributed by atoms with Crippen LogP contribution in [-0.2, 0) is 0 Å². The minimum Gasteiger partial charge on any atom is -0.507 e. The molecule has 0 aliphatic carbocycles. The second kappa shape index (κ2) is 7.00. The number of nitro groups is 1. The zero-order valence-corrected chi connectivity index (χ0v) is 15.1. The SMILES string of the molecule is Cc1nn(-c2ccc([N+](=O)[O-])cc2)c(-c2ccccc2)c1-c1ccccc1O. The van der Waals surface area contributed by atoms with Crippen LogP contribution in [0, 0.1) is 17.0 Å². The van der Waals surface area contributed by atoms with Crippen molar-refractivity contribution in [2.45, 2.75) is 6.92 Å². The second-order valence-corrected chi connectivity index (χ2v) is 6.38. The molecular weight excluding hydrogens is 354 g/mol. The average molecular weight is 371 g/mol. The van der Waals surface area contributed by atoms with Crippen LogP contribution in [0.3, 0.4) is 0 Å². The molecule has 1 heterocycles. The molecule has 3 aromatic carbocycles. The summed E-state index contributed by atoms with van der Waals surface area (Å²) in [6, 6.07) is 23.2. The molecule has 0 amide bonds. The summed E-state index contributed by atoms with van der Waals surface area (Å²) in [5, 5.41) is 26.1. The Labute approximate surface area is 161 Å². The molecule has 0 spiro atoms. The van der Waals surface area contributed by atoms with E-state index in [9.17, 15) is 15.2 Å².